The van der Waals surface area contributed by atoms with Gasteiger partial charge in [0, 0.05) is 32.3 Å². The fraction of sp³-hybridized carbons (Fsp3) is 0.571. The van der Waals surface area contributed by atoms with Gasteiger partial charge in [0.2, 0.25) is 0 Å². The van der Waals surface area contributed by atoms with Crippen molar-refractivity contribution in [3.63, 3.8) is 0 Å². The largest absolute Gasteiger partial charge is 0.393 e. The molecule has 3 unspecified atom stereocenters. The van der Waals surface area contributed by atoms with Crippen molar-refractivity contribution >= 4 is 16.9 Å². The Bertz CT molecular complexity index is 623. The summed E-state index contributed by atoms with van der Waals surface area (Å²) in [7, 11) is 2.00. The third kappa shape index (κ3) is 1.57. The van der Waals surface area contributed by atoms with Crippen molar-refractivity contribution in [3.05, 3.63) is 18.6 Å². The number of hydrogen-bond donors (Lipinski definition) is 1. The van der Waals surface area contributed by atoms with E-state index in [0.29, 0.717) is 11.8 Å². The Balaban J connectivity index is 1.72. The van der Waals surface area contributed by atoms with Crippen LogP contribution in [0.4, 0.5) is 5.82 Å². The van der Waals surface area contributed by atoms with E-state index in [0.717, 1.165) is 42.8 Å². The number of rotatable bonds is 1. The number of hydrogen-bond acceptors (Lipinski definition) is 4. The van der Waals surface area contributed by atoms with Crippen molar-refractivity contribution in [1.82, 2.24) is 14.5 Å². The smallest absolute Gasteiger partial charge is 0.156 e. The Morgan fingerprint density at radius 3 is 3.00 bits per heavy atom. The van der Waals surface area contributed by atoms with Gasteiger partial charge < -0.3 is 14.6 Å². The number of aliphatic hydroxyl groups is 1. The summed E-state index contributed by atoms with van der Waals surface area (Å²) in [5.41, 5.74) is 2.09. The van der Waals surface area contributed by atoms with Crippen LogP contribution in [-0.4, -0.2) is 38.8 Å². The number of aryl methyl sites for hydroxylation is 1. The molecule has 2 aromatic heterocycles. The standard InChI is InChI=1S/C14H18N4O/c1-17-8-16-13-11(17)4-5-15-14(13)18-6-9-2-3-12(19)10(9)7-18/h4-5,8-10,12,19H,2-3,6-7H2,1H3. The minimum Gasteiger partial charge on any atom is -0.393 e. The fourth-order valence-electron chi connectivity index (χ4n) is 3.69. The molecule has 0 bridgehead atoms. The molecule has 19 heavy (non-hydrogen) atoms. The number of fused-ring (bicyclic) bond motifs is 2. The maximum Gasteiger partial charge on any atom is 0.156 e. The minimum absolute atomic E-state index is 0.127. The molecule has 3 atom stereocenters. The van der Waals surface area contributed by atoms with Crippen LogP contribution in [0.5, 0.6) is 0 Å². The molecule has 100 valence electrons. The van der Waals surface area contributed by atoms with Crippen molar-refractivity contribution in [2.24, 2.45) is 18.9 Å². The van der Waals surface area contributed by atoms with Crippen LogP contribution < -0.4 is 4.90 Å². The normalized spacial score (nSPS) is 30.2. The summed E-state index contributed by atoms with van der Waals surface area (Å²) in [6.07, 6.45) is 5.66. The van der Waals surface area contributed by atoms with E-state index < -0.39 is 0 Å². The zero-order valence-corrected chi connectivity index (χ0v) is 11.0. The Morgan fingerprint density at radius 2 is 2.16 bits per heavy atom. The van der Waals surface area contributed by atoms with Gasteiger partial charge in [-0.05, 0) is 24.8 Å². The van der Waals surface area contributed by atoms with Crippen LogP contribution in [0.2, 0.25) is 0 Å². The molecule has 0 aromatic carbocycles. The number of imidazole rings is 1. The van der Waals surface area contributed by atoms with E-state index in [1.165, 1.54) is 0 Å². The van der Waals surface area contributed by atoms with E-state index in [2.05, 4.69) is 14.9 Å². The van der Waals surface area contributed by atoms with Gasteiger partial charge in [-0.25, -0.2) is 9.97 Å². The van der Waals surface area contributed by atoms with Crippen LogP contribution in [0.3, 0.4) is 0 Å². The predicted octanol–water partition coefficient (Wildman–Crippen LogP) is 1.18. The summed E-state index contributed by atoms with van der Waals surface area (Å²) >= 11 is 0. The number of nitrogens with zero attached hydrogens (tertiary/aromatic N) is 4. The Hall–Kier alpha value is -1.62. The van der Waals surface area contributed by atoms with Gasteiger partial charge in [-0.2, -0.15) is 0 Å². The second-order valence-electron chi connectivity index (χ2n) is 5.83. The number of pyridine rings is 1. The van der Waals surface area contributed by atoms with Gasteiger partial charge in [0.05, 0.1) is 17.9 Å². The second-order valence-corrected chi connectivity index (χ2v) is 5.83. The summed E-state index contributed by atoms with van der Waals surface area (Å²) in [5, 5.41) is 10.0. The monoisotopic (exact) mass is 258 g/mol. The molecule has 5 heteroatoms. The highest BCUT2D eigenvalue weighted by Crippen LogP contribution is 2.40. The average molecular weight is 258 g/mol. The van der Waals surface area contributed by atoms with Gasteiger partial charge in [0.1, 0.15) is 5.52 Å². The third-order valence-corrected chi connectivity index (χ3v) is 4.74. The molecule has 1 saturated heterocycles. The lowest BCUT2D eigenvalue weighted by molar-refractivity contribution is 0.133. The zero-order chi connectivity index (χ0) is 13.0. The zero-order valence-electron chi connectivity index (χ0n) is 11.0. The van der Waals surface area contributed by atoms with E-state index >= 15 is 0 Å². The molecule has 0 amide bonds. The van der Waals surface area contributed by atoms with Crippen LogP contribution >= 0.6 is 0 Å². The summed E-state index contributed by atoms with van der Waals surface area (Å²) in [5.74, 6) is 2.01. The highest BCUT2D eigenvalue weighted by atomic mass is 16.3. The molecule has 1 aliphatic heterocycles. The number of anilines is 1. The van der Waals surface area contributed by atoms with E-state index in [4.69, 9.17) is 0 Å². The Kier molecular flexibility index (Phi) is 2.33. The lowest BCUT2D eigenvalue weighted by Crippen LogP contribution is -2.25. The van der Waals surface area contributed by atoms with E-state index in [9.17, 15) is 5.11 Å². The van der Waals surface area contributed by atoms with Crippen molar-refractivity contribution in [2.45, 2.75) is 18.9 Å². The lowest BCUT2D eigenvalue weighted by Gasteiger charge is -2.19. The molecular formula is C14H18N4O. The van der Waals surface area contributed by atoms with E-state index in [1.807, 2.05) is 30.2 Å². The maximum absolute atomic E-state index is 10.0. The molecule has 1 aliphatic carbocycles. The Labute approximate surface area is 111 Å². The van der Waals surface area contributed by atoms with Crippen molar-refractivity contribution in [1.29, 1.82) is 0 Å². The van der Waals surface area contributed by atoms with Crippen LogP contribution in [0.1, 0.15) is 12.8 Å². The van der Waals surface area contributed by atoms with Crippen molar-refractivity contribution in [3.8, 4) is 0 Å². The maximum atomic E-state index is 10.0. The van der Waals surface area contributed by atoms with Crippen LogP contribution in [0.25, 0.3) is 11.0 Å². The summed E-state index contributed by atoms with van der Waals surface area (Å²) in [6.45, 7) is 1.92. The first-order valence-electron chi connectivity index (χ1n) is 6.93. The molecule has 5 nitrogen and oxygen atoms in total. The van der Waals surface area contributed by atoms with Gasteiger partial charge in [-0.15, -0.1) is 0 Å². The fourth-order valence-corrected chi connectivity index (χ4v) is 3.69. The van der Waals surface area contributed by atoms with Crippen molar-refractivity contribution < 1.29 is 5.11 Å². The topological polar surface area (TPSA) is 54.2 Å². The first-order chi connectivity index (χ1) is 9.24. The van der Waals surface area contributed by atoms with Crippen LogP contribution in [-0.2, 0) is 7.05 Å². The Morgan fingerprint density at radius 1 is 1.26 bits per heavy atom. The first-order valence-corrected chi connectivity index (χ1v) is 6.93. The minimum atomic E-state index is -0.127. The summed E-state index contributed by atoms with van der Waals surface area (Å²) in [6, 6.07) is 2.00. The van der Waals surface area contributed by atoms with E-state index in [-0.39, 0.29) is 6.10 Å². The molecule has 2 fully saturated rings. The highest BCUT2D eigenvalue weighted by molar-refractivity contribution is 5.86. The van der Waals surface area contributed by atoms with Gasteiger partial charge in [-0.3, -0.25) is 0 Å². The van der Waals surface area contributed by atoms with Gasteiger partial charge in [0.25, 0.3) is 0 Å². The van der Waals surface area contributed by atoms with Crippen molar-refractivity contribution in [2.75, 3.05) is 18.0 Å². The molecule has 2 aliphatic rings. The third-order valence-electron chi connectivity index (χ3n) is 4.74. The second kappa shape index (κ2) is 3.93. The SMILES string of the molecule is Cn1cnc2c(N3CC4CCC(O)C4C3)nccc21. The summed E-state index contributed by atoms with van der Waals surface area (Å²) in [4.78, 5) is 11.3. The molecule has 1 saturated carbocycles. The van der Waals surface area contributed by atoms with Gasteiger partial charge in [-0.1, -0.05) is 0 Å². The molecule has 0 radical (unpaired) electrons. The molecule has 4 rings (SSSR count). The number of aromatic nitrogens is 3. The molecule has 1 N–H and O–H groups in total. The van der Waals surface area contributed by atoms with E-state index in [1.54, 1.807) is 0 Å². The highest BCUT2D eigenvalue weighted by Gasteiger charge is 2.42. The quantitative estimate of drug-likeness (QED) is 0.834. The lowest BCUT2D eigenvalue weighted by atomic mass is 10.00. The number of aliphatic hydroxyl groups excluding tert-OH is 1. The predicted molar refractivity (Wildman–Crippen MR) is 72.9 cm³/mol. The van der Waals surface area contributed by atoms with Gasteiger partial charge in [0.15, 0.2) is 5.82 Å². The first kappa shape index (κ1) is 11.2. The van der Waals surface area contributed by atoms with Crippen LogP contribution in [0, 0.1) is 11.8 Å². The van der Waals surface area contributed by atoms with Crippen LogP contribution in [0.15, 0.2) is 18.6 Å². The molecule has 0 spiro atoms. The molecule has 3 heterocycles. The van der Waals surface area contributed by atoms with Gasteiger partial charge >= 0.3 is 0 Å². The molecule has 2 aromatic rings. The molecular weight excluding hydrogens is 240 g/mol. The average Bonchev–Trinajstić information content (AvgIpc) is 3.07. The summed E-state index contributed by atoms with van der Waals surface area (Å²) < 4.78 is 2.02.